The Balaban J connectivity index is 1.36. The molecule has 17 nitrogen and oxygen atoms in total. The van der Waals surface area contributed by atoms with E-state index in [1.54, 1.807) is 42.9 Å². The van der Waals surface area contributed by atoms with Gasteiger partial charge in [-0.1, -0.05) is 32.0 Å². The van der Waals surface area contributed by atoms with Crippen molar-refractivity contribution in [3.63, 3.8) is 0 Å². The molecule has 6 rings (SSSR count). The number of amides is 2. The Bertz CT molecular complexity index is 2240. The van der Waals surface area contributed by atoms with Crippen LogP contribution in [0.2, 0.25) is 0 Å². The fraction of sp³-hybridized carbons (Fsp3) is 0.436. The number of aromatic nitrogens is 6. The lowest BCUT2D eigenvalue weighted by Gasteiger charge is -2.36. The number of hydrogen-bond donors (Lipinski definition) is 3. The molecule has 1 aliphatic rings. The van der Waals surface area contributed by atoms with Crippen molar-refractivity contribution < 1.29 is 29.2 Å². The predicted octanol–water partition coefficient (Wildman–Crippen LogP) is 7.81. The highest BCUT2D eigenvalue weighted by atomic mass is 31.2. The van der Waals surface area contributed by atoms with E-state index in [1.165, 1.54) is 6.92 Å². The first-order chi connectivity index (χ1) is 27.9. The van der Waals surface area contributed by atoms with Gasteiger partial charge in [-0.05, 0) is 64.9 Å². The number of ether oxygens (including phenoxy) is 1. The second-order valence-corrected chi connectivity index (χ2v) is 15.6. The molecule has 1 saturated heterocycles. The Kier molecular flexibility index (Phi) is 12.8. The first-order valence-electron chi connectivity index (χ1n) is 19.4. The van der Waals surface area contributed by atoms with Crippen LogP contribution in [-0.4, -0.2) is 83.6 Å². The molecule has 3 N–H and O–H groups in total. The third kappa shape index (κ3) is 9.78. The molecule has 0 radical (unpaired) electrons. The second-order valence-electron chi connectivity index (χ2n) is 14.2. The molecule has 1 aliphatic heterocycles. The number of hydrogen-bond acceptors (Lipinski definition) is 13. The topological polar surface area (TPSA) is 188 Å². The average Bonchev–Trinajstić information content (AvgIpc) is 3.94. The molecule has 2 unspecified atom stereocenters. The van der Waals surface area contributed by atoms with Crippen LogP contribution in [0.5, 0.6) is 0 Å². The SMILES string of the molecule is [2H]C[C@H]1O[C@@H](n2cnc3c(NC(=O)C(C)C)nc(Nc4cc(-c5nnc(-c6ccccc6)o5)ccc4NC(C)=O)nc32)CC1OP(OCC[N+]#[C-])N(C(C)C)C(C)C. The number of carbonyl (C=O) groups excluding carboxylic acids is 2. The molecule has 1 fully saturated rings. The molecule has 18 heteroatoms. The van der Waals surface area contributed by atoms with Gasteiger partial charge in [0.1, 0.15) is 12.8 Å². The molecule has 2 aromatic carbocycles. The Morgan fingerprint density at radius 2 is 1.77 bits per heavy atom. The summed E-state index contributed by atoms with van der Waals surface area (Å²) in [7, 11) is -1.59. The maximum absolute atomic E-state index is 13.1. The van der Waals surface area contributed by atoms with Crippen molar-refractivity contribution in [3.8, 4) is 22.9 Å². The maximum atomic E-state index is 13.1. The van der Waals surface area contributed by atoms with Gasteiger partial charge in [-0.15, -0.1) is 10.2 Å². The number of anilines is 4. The zero-order valence-electron chi connectivity index (χ0n) is 34.0. The Morgan fingerprint density at radius 3 is 2.44 bits per heavy atom. The number of fused-ring (bicyclic) bond motifs is 1. The van der Waals surface area contributed by atoms with E-state index in [0.717, 1.165) is 5.56 Å². The monoisotopic (exact) mass is 798 g/mol. The molecule has 57 heavy (non-hydrogen) atoms. The lowest BCUT2D eigenvalue weighted by molar-refractivity contribution is -0.119. The van der Waals surface area contributed by atoms with Crippen molar-refractivity contribution in [2.75, 3.05) is 29.1 Å². The minimum atomic E-state index is -1.59. The van der Waals surface area contributed by atoms with Crippen LogP contribution >= 0.6 is 8.53 Å². The number of rotatable bonds is 16. The van der Waals surface area contributed by atoms with Crippen LogP contribution in [0, 0.1) is 12.5 Å². The zero-order chi connectivity index (χ0) is 41.5. The second kappa shape index (κ2) is 18.3. The van der Waals surface area contributed by atoms with Crippen molar-refractivity contribution in [1.82, 2.24) is 34.4 Å². The molecule has 4 heterocycles. The van der Waals surface area contributed by atoms with Crippen LogP contribution in [0.4, 0.5) is 23.1 Å². The van der Waals surface area contributed by atoms with Gasteiger partial charge in [0.15, 0.2) is 17.0 Å². The third-order valence-corrected chi connectivity index (χ3v) is 11.0. The van der Waals surface area contributed by atoms with Crippen molar-refractivity contribution in [1.29, 1.82) is 0 Å². The van der Waals surface area contributed by atoms with E-state index >= 15 is 0 Å². The smallest absolute Gasteiger partial charge is 0.259 e. The number of imidazole rings is 1. The summed E-state index contributed by atoms with van der Waals surface area (Å²) in [5.41, 5.74) is 2.82. The van der Waals surface area contributed by atoms with Crippen molar-refractivity contribution in [3.05, 3.63) is 66.3 Å². The van der Waals surface area contributed by atoms with Gasteiger partial charge in [0, 0.05) is 43.8 Å². The zero-order valence-corrected chi connectivity index (χ0v) is 33.9. The molecule has 0 spiro atoms. The van der Waals surface area contributed by atoms with Crippen molar-refractivity contribution >= 4 is 54.6 Å². The van der Waals surface area contributed by atoms with Crippen molar-refractivity contribution in [2.24, 2.45) is 5.92 Å². The molecular weight excluding hydrogens is 749 g/mol. The highest BCUT2D eigenvalue weighted by Gasteiger charge is 2.40. The summed E-state index contributed by atoms with van der Waals surface area (Å²) >= 11 is 0. The van der Waals surface area contributed by atoms with E-state index < -0.39 is 27.0 Å². The van der Waals surface area contributed by atoms with Crippen LogP contribution in [0.25, 0.3) is 38.9 Å². The molecule has 5 aromatic rings. The van der Waals surface area contributed by atoms with Gasteiger partial charge in [0.05, 0.1) is 29.9 Å². The summed E-state index contributed by atoms with van der Waals surface area (Å²) in [6.45, 7) is 20.8. The van der Waals surface area contributed by atoms with Crippen molar-refractivity contribution in [2.45, 2.75) is 92.3 Å². The van der Waals surface area contributed by atoms with E-state index in [2.05, 4.69) is 73.3 Å². The molecule has 4 atom stereocenters. The highest BCUT2D eigenvalue weighted by Crippen LogP contribution is 2.50. The summed E-state index contributed by atoms with van der Waals surface area (Å²) in [6, 6.07) is 14.7. The highest BCUT2D eigenvalue weighted by molar-refractivity contribution is 7.44. The van der Waals surface area contributed by atoms with Crippen LogP contribution < -0.4 is 16.0 Å². The summed E-state index contributed by atoms with van der Waals surface area (Å²) in [5, 5.41) is 17.4. The minimum Gasteiger partial charge on any atom is -0.416 e. The van der Waals surface area contributed by atoms with E-state index in [4.69, 9.17) is 31.1 Å². The first-order valence-corrected chi connectivity index (χ1v) is 19.8. The normalized spacial score (nSPS) is 17.6. The summed E-state index contributed by atoms with van der Waals surface area (Å²) in [5.74, 6) is -0.104. The molecular formula is C39H48N11O6P. The summed E-state index contributed by atoms with van der Waals surface area (Å²) in [6.07, 6.45) is 0.132. The minimum absolute atomic E-state index is 0.0744. The number of nitrogens with zero attached hydrogens (tertiary/aromatic N) is 8. The number of nitrogens with one attached hydrogen (secondary N) is 3. The van der Waals surface area contributed by atoms with Crippen LogP contribution in [-0.2, 0) is 23.4 Å². The molecule has 0 saturated carbocycles. The molecule has 0 aliphatic carbocycles. The Labute approximate surface area is 334 Å². The lowest BCUT2D eigenvalue weighted by atomic mass is 10.1. The summed E-state index contributed by atoms with van der Waals surface area (Å²) < 4.78 is 37.5. The fourth-order valence-electron chi connectivity index (χ4n) is 6.16. The average molecular weight is 799 g/mol. The largest absolute Gasteiger partial charge is 0.416 e. The van der Waals surface area contributed by atoms with E-state index in [-0.39, 0.29) is 67.5 Å². The van der Waals surface area contributed by atoms with Gasteiger partial charge in [-0.2, -0.15) is 9.97 Å². The standard InChI is InChI=1S/C39H48N11O6P/c1-22(2)36(52)44-34-33-35(49(21-41-33)32-20-31(25(7)54-32)56-57(53-18-17-40-9)50(23(3)4)24(5)6)46-39(45-34)43-30-19-28(15-16-29(30)42-26(8)51)38-48-47-37(55-38)27-13-11-10-12-14-27/h10-16,19,21-25,31-32H,17-18,20H2,1-8H3,(H,42,51)(H2,43,44,45,46,52)/t25-,31?,32-,57?/m1/s1/i7D. The van der Waals surface area contributed by atoms with Gasteiger partial charge in [0.2, 0.25) is 36.1 Å². The van der Waals surface area contributed by atoms with Gasteiger partial charge in [0.25, 0.3) is 8.53 Å². The van der Waals surface area contributed by atoms with Crippen LogP contribution in [0.1, 0.15) is 69.4 Å². The molecule has 0 bridgehead atoms. The predicted molar refractivity (Wildman–Crippen MR) is 217 cm³/mol. The number of carbonyl (C=O) groups is 2. The molecule has 300 valence electrons. The third-order valence-electron chi connectivity index (χ3n) is 8.82. The maximum Gasteiger partial charge on any atom is 0.259 e. The quantitative estimate of drug-likeness (QED) is 0.0499. The van der Waals surface area contributed by atoms with E-state index in [0.29, 0.717) is 40.4 Å². The van der Waals surface area contributed by atoms with Gasteiger partial charge >= 0.3 is 0 Å². The van der Waals surface area contributed by atoms with Gasteiger partial charge in [-0.3, -0.25) is 14.2 Å². The lowest BCUT2D eigenvalue weighted by Crippen LogP contribution is -2.35. The van der Waals surface area contributed by atoms with Gasteiger partial charge < -0.3 is 39.0 Å². The van der Waals surface area contributed by atoms with E-state index in [1.807, 2.05) is 30.3 Å². The van der Waals surface area contributed by atoms with Crippen LogP contribution in [0.3, 0.4) is 0 Å². The number of benzene rings is 2. The Morgan fingerprint density at radius 1 is 1.04 bits per heavy atom. The first kappa shape index (κ1) is 39.8. The van der Waals surface area contributed by atoms with E-state index in [9.17, 15) is 9.59 Å². The molecule has 3 aromatic heterocycles. The van der Waals surface area contributed by atoms with Crippen LogP contribution in [0.15, 0.2) is 59.3 Å². The summed E-state index contributed by atoms with van der Waals surface area (Å²) in [4.78, 5) is 42.9. The Hall–Kier alpha value is -5.37. The molecule has 2 amide bonds. The fourth-order valence-corrected chi connectivity index (χ4v) is 7.91. The van der Waals surface area contributed by atoms with Gasteiger partial charge in [-0.25, -0.2) is 16.2 Å².